The van der Waals surface area contributed by atoms with Crippen LogP contribution in [0.15, 0.2) is 41.4 Å². The Hall–Kier alpha value is -2.64. The van der Waals surface area contributed by atoms with E-state index in [4.69, 9.17) is 14.5 Å². The van der Waals surface area contributed by atoms with E-state index in [1.165, 1.54) is 7.11 Å². The van der Waals surface area contributed by atoms with Crippen LogP contribution in [0.25, 0.3) is 10.2 Å². The SMILES string of the molecule is COc1cccc(C=Nc2ccc3nc(N4CCOCC4)sc3c2)c1O. The van der Waals surface area contributed by atoms with Crippen LogP contribution in [0.5, 0.6) is 11.5 Å². The number of nitrogens with zero attached hydrogens (tertiary/aromatic N) is 3. The average Bonchev–Trinajstić information content (AvgIpc) is 3.11. The molecule has 0 aliphatic carbocycles. The fourth-order valence-electron chi connectivity index (χ4n) is 2.82. The van der Waals surface area contributed by atoms with Crippen LogP contribution in [-0.2, 0) is 4.74 Å². The number of anilines is 1. The van der Waals surface area contributed by atoms with Gasteiger partial charge in [-0.05, 0) is 30.3 Å². The van der Waals surface area contributed by atoms with Gasteiger partial charge in [-0.3, -0.25) is 4.99 Å². The van der Waals surface area contributed by atoms with Crippen molar-refractivity contribution in [1.82, 2.24) is 4.98 Å². The van der Waals surface area contributed by atoms with Gasteiger partial charge in [-0.2, -0.15) is 0 Å². The predicted molar refractivity (Wildman–Crippen MR) is 105 cm³/mol. The number of ether oxygens (including phenoxy) is 2. The summed E-state index contributed by atoms with van der Waals surface area (Å²) >= 11 is 1.66. The monoisotopic (exact) mass is 369 g/mol. The Kier molecular flexibility index (Phi) is 4.73. The highest BCUT2D eigenvalue weighted by Crippen LogP contribution is 2.32. The van der Waals surface area contributed by atoms with Gasteiger partial charge in [0, 0.05) is 24.9 Å². The van der Waals surface area contributed by atoms with Crippen molar-refractivity contribution in [3.05, 3.63) is 42.0 Å². The number of aromatic hydroxyl groups is 1. The molecule has 2 aromatic carbocycles. The Balaban J connectivity index is 1.59. The maximum absolute atomic E-state index is 10.1. The first-order chi connectivity index (χ1) is 12.7. The number of fused-ring (bicyclic) bond motifs is 1. The summed E-state index contributed by atoms with van der Waals surface area (Å²) in [6.45, 7) is 3.24. The van der Waals surface area contributed by atoms with Crippen LogP contribution in [0.3, 0.4) is 0 Å². The highest BCUT2D eigenvalue weighted by molar-refractivity contribution is 7.22. The van der Waals surface area contributed by atoms with Gasteiger partial charge in [-0.25, -0.2) is 4.98 Å². The smallest absolute Gasteiger partial charge is 0.186 e. The van der Waals surface area contributed by atoms with Crippen molar-refractivity contribution < 1.29 is 14.6 Å². The minimum atomic E-state index is 0.0900. The minimum Gasteiger partial charge on any atom is -0.504 e. The third-order valence-electron chi connectivity index (χ3n) is 4.25. The second kappa shape index (κ2) is 7.31. The molecule has 4 rings (SSSR count). The summed E-state index contributed by atoms with van der Waals surface area (Å²) in [5.74, 6) is 0.522. The second-order valence-corrected chi connectivity index (χ2v) is 6.91. The lowest BCUT2D eigenvalue weighted by Gasteiger charge is -2.25. The van der Waals surface area contributed by atoms with Crippen molar-refractivity contribution in [3.63, 3.8) is 0 Å². The van der Waals surface area contributed by atoms with E-state index in [9.17, 15) is 5.11 Å². The number of hydrogen-bond acceptors (Lipinski definition) is 7. The van der Waals surface area contributed by atoms with Gasteiger partial charge in [0.2, 0.25) is 0 Å². The van der Waals surface area contributed by atoms with E-state index in [2.05, 4.69) is 9.89 Å². The van der Waals surface area contributed by atoms with E-state index < -0.39 is 0 Å². The maximum Gasteiger partial charge on any atom is 0.186 e. The van der Waals surface area contributed by atoms with Crippen LogP contribution in [-0.4, -0.2) is 49.7 Å². The van der Waals surface area contributed by atoms with E-state index in [0.717, 1.165) is 47.3 Å². The molecule has 1 fully saturated rings. The summed E-state index contributed by atoms with van der Waals surface area (Å²) in [5.41, 5.74) is 2.40. The molecule has 0 amide bonds. The molecule has 1 aromatic heterocycles. The van der Waals surface area contributed by atoms with Gasteiger partial charge in [0.1, 0.15) is 0 Å². The van der Waals surface area contributed by atoms with E-state index in [-0.39, 0.29) is 5.75 Å². The van der Waals surface area contributed by atoms with Crippen LogP contribution < -0.4 is 9.64 Å². The summed E-state index contributed by atoms with van der Waals surface area (Å²) in [4.78, 5) is 11.5. The summed E-state index contributed by atoms with van der Waals surface area (Å²) in [6, 6.07) is 11.3. The van der Waals surface area contributed by atoms with Crippen molar-refractivity contribution in [1.29, 1.82) is 0 Å². The van der Waals surface area contributed by atoms with Gasteiger partial charge in [0.15, 0.2) is 16.6 Å². The van der Waals surface area contributed by atoms with Crippen LogP contribution in [0.4, 0.5) is 10.8 Å². The van der Waals surface area contributed by atoms with E-state index in [1.807, 2.05) is 24.3 Å². The van der Waals surface area contributed by atoms with Gasteiger partial charge in [-0.1, -0.05) is 17.4 Å². The Morgan fingerprint density at radius 1 is 1.27 bits per heavy atom. The van der Waals surface area contributed by atoms with Crippen LogP contribution in [0.1, 0.15) is 5.56 Å². The molecule has 134 valence electrons. The topological polar surface area (TPSA) is 67.2 Å². The number of aliphatic imine (C=N–C) groups is 1. The molecule has 3 aromatic rings. The van der Waals surface area contributed by atoms with Crippen LogP contribution >= 0.6 is 11.3 Å². The van der Waals surface area contributed by atoms with Crippen LogP contribution in [0.2, 0.25) is 0 Å². The molecule has 0 unspecified atom stereocenters. The first-order valence-electron chi connectivity index (χ1n) is 8.38. The molecule has 1 aliphatic rings. The highest BCUT2D eigenvalue weighted by Gasteiger charge is 2.15. The lowest BCUT2D eigenvalue weighted by molar-refractivity contribution is 0.122. The van der Waals surface area contributed by atoms with Crippen molar-refractivity contribution in [2.75, 3.05) is 38.3 Å². The normalized spacial score (nSPS) is 15.0. The minimum absolute atomic E-state index is 0.0900. The quantitative estimate of drug-likeness (QED) is 0.712. The molecule has 1 aliphatic heterocycles. The molecule has 0 bridgehead atoms. The average molecular weight is 369 g/mol. The molecule has 0 saturated carbocycles. The molecule has 1 N–H and O–H groups in total. The second-order valence-electron chi connectivity index (χ2n) is 5.90. The molecule has 7 heteroatoms. The lowest BCUT2D eigenvalue weighted by Crippen LogP contribution is -2.36. The fraction of sp³-hybridized carbons (Fsp3) is 0.263. The summed E-state index contributed by atoms with van der Waals surface area (Å²) in [5, 5.41) is 11.2. The Morgan fingerprint density at radius 2 is 2.12 bits per heavy atom. The number of hydrogen-bond donors (Lipinski definition) is 1. The van der Waals surface area contributed by atoms with Gasteiger partial charge < -0.3 is 19.5 Å². The Labute approximate surface area is 155 Å². The molecule has 2 heterocycles. The van der Waals surface area contributed by atoms with Gasteiger partial charge in [-0.15, -0.1) is 0 Å². The van der Waals surface area contributed by atoms with Gasteiger partial charge >= 0.3 is 0 Å². The van der Waals surface area contributed by atoms with Crippen molar-refractivity contribution in [2.45, 2.75) is 0 Å². The van der Waals surface area contributed by atoms with Crippen molar-refractivity contribution in [3.8, 4) is 11.5 Å². The number of para-hydroxylation sites is 1. The summed E-state index contributed by atoms with van der Waals surface area (Å²) < 4.78 is 11.6. The summed E-state index contributed by atoms with van der Waals surface area (Å²) in [6.07, 6.45) is 1.64. The van der Waals surface area contributed by atoms with E-state index in [1.54, 1.807) is 29.7 Å². The number of thiazole rings is 1. The highest BCUT2D eigenvalue weighted by atomic mass is 32.1. The lowest BCUT2D eigenvalue weighted by atomic mass is 10.2. The molecule has 26 heavy (non-hydrogen) atoms. The third-order valence-corrected chi connectivity index (χ3v) is 5.32. The Morgan fingerprint density at radius 3 is 2.92 bits per heavy atom. The van der Waals surface area contributed by atoms with Gasteiger partial charge in [0.25, 0.3) is 0 Å². The Bertz CT molecular complexity index is 948. The maximum atomic E-state index is 10.1. The molecule has 6 nitrogen and oxygen atoms in total. The van der Waals surface area contributed by atoms with Crippen LogP contribution in [0, 0.1) is 0 Å². The summed E-state index contributed by atoms with van der Waals surface area (Å²) in [7, 11) is 1.53. The zero-order valence-electron chi connectivity index (χ0n) is 14.4. The first-order valence-corrected chi connectivity index (χ1v) is 9.19. The molecule has 1 saturated heterocycles. The number of rotatable bonds is 4. The third kappa shape index (κ3) is 3.36. The number of morpholine rings is 1. The standard InChI is InChI=1S/C19H19N3O3S/c1-24-16-4-2-3-13(18(16)23)12-20-14-5-6-15-17(11-14)26-19(21-15)22-7-9-25-10-8-22/h2-6,11-12,23H,7-10H2,1H3. The number of benzene rings is 2. The molecule has 0 radical (unpaired) electrons. The number of phenols is 1. The molecular weight excluding hydrogens is 350 g/mol. The molecule has 0 spiro atoms. The number of phenolic OH excluding ortho intramolecular Hbond substituents is 1. The zero-order chi connectivity index (χ0) is 17.9. The number of aromatic nitrogens is 1. The predicted octanol–water partition coefficient (Wildman–Crippen LogP) is 3.60. The largest absolute Gasteiger partial charge is 0.504 e. The molecule has 0 atom stereocenters. The zero-order valence-corrected chi connectivity index (χ0v) is 15.2. The van der Waals surface area contributed by atoms with Crippen molar-refractivity contribution >= 4 is 38.6 Å². The number of methoxy groups -OCH3 is 1. The fourth-order valence-corrected chi connectivity index (χ4v) is 3.87. The van der Waals surface area contributed by atoms with E-state index in [0.29, 0.717) is 11.3 Å². The van der Waals surface area contributed by atoms with Gasteiger partial charge in [0.05, 0.1) is 36.2 Å². The molecular formula is C19H19N3O3S. The first kappa shape index (κ1) is 16.8. The van der Waals surface area contributed by atoms with E-state index >= 15 is 0 Å². The van der Waals surface area contributed by atoms with Crippen molar-refractivity contribution in [2.24, 2.45) is 4.99 Å².